The van der Waals surface area contributed by atoms with Crippen molar-refractivity contribution in [1.29, 1.82) is 0 Å². The van der Waals surface area contributed by atoms with E-state index in [0.29, 0.717) is 6.42 Å². The third-order valence-corrected chi connectivity index (χ3v) is 4.64. The topological polar surface area (TPSA) is 23.6 Å². The molecule has 1 amide bonds. The second-order valence-electron chi connectivity index (χ2n) is 5.45. The van der Waals surface area contributed by atoms with E-state index < -0.39 is 0 Å². The maximum absolute atomic E-state index is 12.3. The van der Waals surface area contributed by atoms with Crippen LogP contribution in [0.2, 0.25) is 0 Å². The van der Waals surface area contributed by atoms with Crippen molar-refractivity contribution in [3.8, 4) is 0 Å². The largest absolute Gasteiger partial charge is 0.340 e. The number of nitrogens with zero attached hydrogens (tertiary/aromatic N) is 2. The summed E-state index contributed by atoms with van der Waals surface area (Å²) in [6.07, 6.45) is 0.519. The molecule has 21 heavy (non-hydrogen) atoms. The zero-order chi connectivity index (χ0) is 14.5. The third kappa shape index (κ3) is 3.93. The number of benzene rings is 1. The number of hydrogen-bond acceptors (Lipinski definition) is 3. The van der Waals surface area contributed by atoms with Crippen LogP contribution in [0.15, 0.2) is 47.2 Å². The highest BCUT2D eigenvalue weighted by molar-refractivity contribution is 7.07. The van der Waals surface area contributed by atoms with Crippen LogP contribution in [0.5, 0.6) is 0 Å². The third-order valence-electron chi connectivity index (χ3n) is 3.91. The SMILES string of the molecule is O=C(Cc1ccccc1)N1CCN(Cc2ccsc2)CC1. The van der Waals surface area contributed by atoms with Crippen molar-refractivity contribution in [3.05, 3.63) is 58.3 Å². The lowest BCUT2D eigenvalue weighted by molar-refractivity contribution is -0.132. The van der Waals surface area contributed by atoms with E-state index >= 15 is 0 Å². The van der Waals surface area contributed by atoms with E-state index in [2.05, 4.69) is 21.7 Å². The van der Waals surface area contributed by atoms with E-state index in [1.54, 1.807) is 11.3 Å². The van der Waals surface area contributed by atoms with Crippen LogP contribution < -0.4 is 0 Å². The van der Waals surface area contributed by atoms with Crippen LogP contribution in [-0.4, -0.2) is 41.9 Å². The summed E-state index contributed by atoms with van der Waals surface area (Å²) in [4.78, 5) is 16.7. The summed E-state index contributed by atoms with van der Waals surface area (Å²) >= 11 is 1.74. The molecule has 110 valence electrons. The van der Waals surface area contributed by atoms with Crippen molar-refractivity contribution >= 4 is 17.2 Å². The molecule has 4 heteroatoms. The number of piperazine rings is 1. The summed E-state index contributed by atoms with van der Waals surface area (Å²) in [7, 11) is 0. The van der Waals surface area contributed by atoms with Gasteiger partial charge in [-0.25, -0.2) is 0 Å². The summed E-state index contributed by atoms with van der Waals surface area (Å²) in [6.45, 7) is 4.63. The van der Waals surface area contributed by atoms with Crippen LogP contribution in [0.4, 0.5) is 0 Å². The molecule has 0 N–H and O–H groups in total. The maximum Gasteiger partial charge on any atom is 0.227 e. The van der Waals surface area contributed by atoms with Crippen molar-refractivity contribution in [3.63, 3.8) is 0 Å². The molecule has 1 aliphatic rings. The zero-order valence-electron chi connectivity index (χ0n) is 12.1. The Bertz CT molecular complexity index is 560. The monoisotopic (exact) mass is 300 g/mol. The Morgan fingerprint density at radius 3 is 2.43 bits per heavy atom. The number of rotatable bonds is 4. The highest BCUT2D eigenvalue weighted by Gasteiger charge is 2.21. The predicted molar refractivity (Wildman–Crippen MR) is 86.3 cm³/mol. The van der Waals surface area contributed by atoms with Gasteiger partial charge in [-0.15, -0.1) is 0 Å². The molecule has 1 aromatic heterocycles. The molecule has 1 aliphatic heterocycles. The Hall–Kier alpha value is -1.65. The average Bonchev–Trinajstić information content (AvgIpc) is 3.02. The normalized spacial score (nSPS) is 16.1. The minimum Gasteiger partial charge on any atom is -0.340 e. The molecule has 3 nitrogen and oxygen atoms in total. The summed E-state index contributed by atoms with van der Waals surface area (Å²) in [5, 5.41) is 4.32. The van der Waals surface area contributed by atoms with E-state index in [-0.39, 0.29) is 5.91 Å². The van der Waals surface area contributed by atoms with Gasteiger partial charge in [-0.3, -0.25) is 9.69 Å². The number of thiophene rings is 1. The maximum atomic E-state index is 12.3. The van der Waals surface area contributed by atoms with Gasteiger partial charge in [0.1, 0.15) is 0 Å². The molecule has 0 spiro atoms. The van der Waals surface area contributed by atoms with Gasteiger partial charge in [0.15, 0.2) is 0 Å². The molecular weight excluding hydrogens is 280 g/mol. The second-order valence-corrected chi connectivity index (χ2v) is 6.23. The van der Waals surface area contributed by atoms with Gasteiger partial charge in [-0.05, 0) is 28.0 Å². The molecule has 0 atom stereocenters. The molecule has 0 unspecified atom stereocenters. The fourth-order valence-corrected chi connectivity index (χ4v) is 3.34. The minimum absolute atomic E-state index is 0.247. The lowest BCUT2D eigenvalue weighted by atomic mass is 10.1. The van der Waals surface area contributed by atoms with Crippen LogP contribution in [0, 0.1) is 0 Å². The highest BCUT2D eigenvalue weighted by Crippen LogP contribution is 2.12. The first-order chi connectivity index (χ1) is 10.3. The average molecular weight is 300 g/mol. The number of carbonyl (C=O) groups excluding carboxylic acids is 1. The van der Waals surface area contributed by atoms with Gasteiger partial charge >= 0.3 is 0 Å². The highest BCUT2D eigenvalue weighted by atomic mass is 32.1. The van der Waals surface area contributed by atoms with Gasteiger partial charge in [0.05, 0.1) is 6.42 Å². The Morgan fingerprint density at radius 2 is 1.76 bits per heavy atom. The van der Waals surface area contributed by atoms with E-state index in [9.17, 15) is 4.79 Å². The van der Waals surface area contributed by atoms with Crippen molar-refractivity contribution in [2.24, 2.45) is 0 Å². The molecule has 1 aromatic carbocycles. The second kappa shape index (κ2) is 6.87. The van der Waals surface area contributed by atoms with Crippen LogP contribution in [0.1, 0.15) is 11.1 Å². The summed E-state index contributed by atoms with van der Waals surface area (Å²) in [6, 6.07) is 12.2. The Kier molecular flexibility index (Phi) is 4.68. The van der Waals surface area contributed by atoms with E-state index in [1.807, 2.05) is 35.2 Å². The lowest BCUT2D eigenvalue weighted by Gasteiger charge is -2.34. The van der Waals surface area contributed by atoms with Crippen molar-refractivity contribution < 1.29 is 4.79 Å². The fourth-order valence-electron chi connectivity index (χ4n) is 2.68. The van der Waals surface area contributed by atoms with Crippen LogP contribution in [0.3, 0.4) is 0 Å². The molecular formula is C17H20N2OS. The first-order valence-electron chi connectivity index (χ1n) is 7.36. The van der Waals surface area contributed by atoms with E-state index in [4.69, 9.17) is 0 Å². The van der Waals surface area contributed by atoms with Gasteiger partial charge in [0, 0.05) is 32.7 Å². The molecule has 0 saturated carbocycles. The fraction of sp³-hybridized carbons (Fsp3) is 0.353. The van der Waals surface area contributed by atoms with Gasteiger partial charge in [0.2, 0.25) is 5.91 Å². The zero-order valence-corrected chi connectivity index (χ0v) is 12.9. The number of amides is 1. The van der Waals surface area contributed by atoms with Crippen LogP contribution >= 0.6 is 11.3 Å². The quantitative estimate of drug-likeness (QED) is 0.866. The van der Waals surface area contributed by atoms with E-state index in [0.717, 1.165) is 38.3 Å². The van der Waals surface area contributed by atoms with Crippen LogP contribution in [-0.2, 0) is 17.8 Å². The Labute approximate surface area is 129 Å². The minimum atomic E-state index is 0.247. The van der Waals surface area contributed by atoms with Gasteiger partial charge in [0.25, 0.3) is 0 Å². The van der Waals surface area contributed by atoms with Gasteiger partial charge in [-0.1, -0.05) is 30.3 Å². The molecule has 0 bridgehead atoms. The molecule has 1 fully saturated rings. The Morgan fingerprint density at radius 1 is 1.00 bits per heavy atom. The molecule has 1 saturated heterocycles. The number of carbonyl (C=O) groups is 1. The van der Waals surface area contributed by atoms with Crippen molar-refractivity contribution in [2.45, 2.75) is 13.0 Å². The summed E-state index contributed by atoms with van der Waals surface area (Å²) in [5.41, 5.74) is 2.48. The molecule has 2 heterocycles. The van der Waals surface area contributed by atoms with Gasteiger partial charge < -0.3 is 4.90 Å². The van der Waals surface area contributed by atoms with Crippen LogP contribution in [0.25, 0.3) is 0 Å². The van der Waals surface area contributed by atoms with Crippen molar-refractivity contribution in [2.75, 3.05) is 26.2 Å². The predicted octanol–water partition coefficient (Wildman–Crippen LogP) is 2.64. The molecule has 0 aliphatic carbocycles. The first-order valence-corrected chi connectivity index (χ1v) is 8.31. The summed E-state index contributed by atoms with van der Waals surface area (Å²) in [5.74, 6) is 0.247. The molecule has 3 rings (SSSR count). The molecule has 0 radical (unpaired) electrons. The number of hydrogen-bond donors (Lipinski definition) is 0. The smallest absolute Gasteiger partial charge is 0.227 e. The van der Waals surface area contributed by atoms with Gasteiger partial charge in [-0.2, -0.15) is 11.3 Å². The Balaban J connectivity index is 1.48. The lowest BCUT2D eigenvalue weighted by Crippen LogP contribution is -2.48. The first kappa shape index (κ1) is 14.3. The van der Waals surface area contributed by atoms with Crippen molar-refractivity contribution in [1.82, 2.24) is 9.80 Å². The standard InChI is InChI=1S/C17H20N2OS/c20-17(12-15-4-2-1-3-5-15)19-9-7-18(8-10-19)13-16-6-11-21-14-16/h1-6,11,14H,7-10,12-13H2. The van der Waals surface area contributed by atoms with E-state index in [1.165, 1.54) is 5.56 Å². The molecule has 2 aromatic rings. The summed E-state index contributed by atoms with van der Waals surface area (Å²) < 4.78 is 0.